The maximum Gasteiger partial charge on any atom is 0.0412 e. The van der Waals surface area contributed by atoms with E-state index in [0.717, 1.165) is 5.92 Å². The maximum absolute atomic E-state index is 3.74. The van der Waals surface area contributed by atoms with E-state index in [1.54, 1.807) is 0 Å². The van der Waals surface area contributed by atoms with Crippen LogP contribution in [0, 0.1) is 5.92 Å². The zero-order valence-electron chi connectivity index (χ0n) is 11.0. The molecule has 0 saturated carbocycles. The minimum Gasteiger partial charge on any atom is -0.309 e. The van der Waals surface area contributed by atoms with E-state index in [2.05, 4.69) is 41.6 Å². The van der Waals surface area contributed by atoms with Gasteiger partial charge in [-0.05, 0) is 49.8 Å². The molecule has 17 heavy (non-hydrogen) atoms. The summed E-state index contributed by atoms with van der Waals surface area (Å²) in [6.07, 6.45) is 2.55. The van der Waals surface area contributed by atoms with E-state index in [1.165, 1.54) is 43.9 Å². The van der Waals surface area contributed by atoms with Gasteiger partial charge in [0.05, 0.1) is 0 Å². The summed E-state index contributed by atoms with van der Waals surface area (Å²) in [5.74, 6) is 0.851. The Kier molecular flexibility index (Phi) is 5.01. The lowest BCUT2D eigenvalue weighted by molar-refractivity contribution is 0.334. The average Bonchev–Trinajstić information content (AvgIpc) is 3.00. The molecule has 0 aromatic carbocycles. The molecule has 2 heterocycles. The molecule has 0 aliphatic carbocycles. The first-order chi connectivity index (χ1) is 8.33. The molecule has 2 rings (SSSR count). The highest BCUT2D eigenvalue weighted by Crippen LogP contribution is 2.23. The second kappa shape index (κ2) is 6.53. The number of thiophene rings is 1. The highest BCUT2D eigenvalue weighted by Gasteiger charge is 2.21. The number of likely N-dealkylation sites (tertiary alicyclic amines) is 1. The van der Waals surface area contributed by atoms with Crippen LogP contribution in [0.4, 0.5) is 0 Å². The van der Waals surface area contributed by atoms with Crippen LogP contribution in [-0.4, -0.2) is 31.1 Å². The summed E-state index contributed by atoms with van der Waals surface area (Å²) in [6, 6.07) is 4.96. The van der Waals surface area contributed by atoms with Crippen molar-refractivity contribution in [3.05, 3.63) is 22.4 Å². The summed E-state index contributed by atoms with van der Waals surface area (Å²) in [4.78, 5) is 4.04. The number of nitrogens with zero attached hydrogens (tertiary/aromatic N) is 1. The van der Waals surface area contributed by atoms with Gasteiger partial charge >= 0.3 is 0 Å². The first-order valence-corrected chi connectivity index (χ1v) is 7.70. The minimum absolute atomic E-state index is 0.561. The fourth-order valence-electron chi connectivity index (χ4n) is 2.61. The predicted octanol–water partition coefficient (Wildman–Crippen LogP) is 3.13. The first-order valence-electron chi connectivity index (χ1n) is 6.82. The van der Waals surface area contributed by atoms with Crippen LogP contribution < -0.4 is 5.32 Å². The molecular weight excluding hydrogens is 228 g/mol. The van der Waals surface area contributed by atoms with Crippen molar-refractivity contribution in [3.63, 3.8) is 0 Å². The van der Waals surface area contributed by atoms with Crippen LogP contribution in [-0.2, 0) is 0 Å². The molecule has 2 nitrogen and oxygen atoms in total. The Labute approximate surface area is 109 Å². The third-order valence-electron chi connectivity index (χ3n) is 3.76. The van der Waals surface area contributed by atoms with Crippen molar-refractivity contribution in [2.45, 2.75) is 32.7 Å². The van der Waals surface area contributed by atoms with Crippen LogP contribution >= 0.6 is 11.3 Å². The van der Waals surface area contributed by atoms with Gasteiger partial charge in [0, 0.05) is 17.5 Å². The van der Waals surface area contributed by atoms with Gasteiger partial charge in [-0.25, -0.2) is 0 Å². The lowest BCUT2D eigenvalue weighted by Crippen LogP contribution is -2.28. The normalized spacial score (nSPS) is 23.1. The van der Waals surface area contributed by atoms with E-state index < -0.39 is 0 Å². The first kappa shape index (κ1) is 13.1. The van der Waals surface area contributed by atoms with Gasteiger partial charge in [0.2, 0.25) is 0 Å². The Morgan fingerprint density at radius 1 is 1.53 bits per heavy atom. The second-order valence-corrected chi connectivity index (χ2v) is 5.91. The van der Waals surface area contributed by atoms with Crippen LogP contribution in [0.15, 0.2) is 17.5 Å². The highest BCUT2D eigenvalue weighted by molar-refractivity contribution is 7.10. The molecule has 0 spiro atoms. The molecule has 2 unspecified atom stereocenters. The van der Waals surface area contributed by atoms with Crippen molar-refractivity contribution in [3.8, 4) is 0 Å². The van der Waals surface area contributed by atoms with Gasteiger partial charge in [-0.2, -0.15) is 0 Å². The monoisotopic (exact) mass is 252 g/mol. The highest BCUT2D eigenvalue weighted by atomic mass is 32.1. The fourth-order valence-corrected chi connectivity index (χ4v) is 3.50. The van der Waals surface area contributed by atoms with E-state index in [1.807, 2.05) is 11.3 Å². The van der Waals surface area contributed by atoms with Gasteiger partial charge < -0.3 is 10.2 Å². The lowest BCUT2D eigenvalue weighted by Gasteiger charge is -2.19. The van der Waals surface area contributed by atoms with E-state index in [4.69, 9.17) is 0 Å². The molecule has 3 heteroatoms. The summed E-state index contributed by atoms with van der Waals surface area (Å²) >= 11 is 1.87. The molecule has 1 aromatic heterocycles. The van der Waals surface area contributed by atoms with Crippen LogP contribution in [0.2, 0.25) is 0 Å². The van der Waals surface area contributed by atoms with Crippen molar-refractivity contribution in [1.29, 1.82) is 0 Å². The summed E-state index contributed by atoms with van der Waals surface area (Å²) in [7, 11) is 0. The molecule has 1 fully saturated rings. The number of hydrogen-bond donors (Lipinski definition) is 1. The van der Waals surface area contributed by atoms with Crippen molar-refractivity contribution < 1.29 is 0 Å². The third-order valence-corrected chi connectivity index (χ3v) is 4.75. The standard InChI is InChI=1S/C14H24N2S/c1-3-13(14-6-5-9-17-14)15-10-12-7-8-16(4-2)11-12/h5-6,9,12-13,15H,3-4,7-8,10-11H2,1-2H3. The second-order valence-electron chi connectivity index (χ2n) is 4.93. The quantitative estimate of drug-likeness (QED) is 0.837. The number of hydrogen-bond acceptors (Lipinski definition) is 3. The van der Waals surface area contributed by atoms with E-state index in [0.29, 0.717) is 6.04 Å². The number of nitrogens with one attached hydrogen (secondary N) is 1. The summed E-state index contributed by atoms with van der Waals surface area (Å²) in [6.45, 7) is 9.48. The Bertz CT molecular complexity index is 310. The largest absolute Gasteiger partial charge is 0.309 e. The van der Waals surface area contributed by atoms with Gasteiger partial charge in [-0.15, -0.1) is 11.3 Å². The molecular formula is C14H24N2S. The van der Waals surface area contributed by atoms with Crippen molar-refractivity contribution in [2.75, 3.05) is 26.2 Å². The van der Waals surface area contributed by atoms with Crippen molar-refractivity contribution >= 4 is 11.3 Å². The predicted molar refractivity (Wildman–Crippen MR) is 75.6 cm³/mol. The summed E-state index contributed by atoms with van der Waals surface area (Å²) in [5, 5.41) is 5.92. The van der Waals surface area contributed by atoms with E-state index in [9.17, 15) is 0 Å². The topological polar surface area (TPSA) is 15.3 Å². The molecule has 0 radical (unpaired) electrons. The van der Waals surface area contributed by atoms with Crippen LogP contribution in [0.3, 0.4) is 0 Å². The fraction of sp³-hybridized carbons (Fsp3) is 0.714. The van der Waals surface area contributed by atoms with Gasteiger partial charge in [-0.3, -0.25) is 0 Å². The molecule has 96 valence electrons. The Morgan fingerprint density at radius 2 is 2.41 bits per heavy atom. The van der Waals surface area contributed by atoms with Gasteiger partial charge in [0.1, 0.15) is 0 Å². The van der Waals surface area contributed by atoms with Crippen LogP contribution in [0.1, 0.15) is 37.6 Å². The van der Waals surface area contributed by atoms with Gasteiger partial charge in [0.15, 0.2) is 0 Å². The Morgan fingerprint density at radius 3 is 3.00 bits per heavy atom. The lowest BCUT2D eigenvalue weighted by atomic mass is 10.1. The SMILES string of the molecule is CCC(NCC1CCN(CC)C1)c1cccs1. The molecule has 2 atom stereocenters. The minimum atomic E-state index is 0.561. The Balaban J connectivity index is 1.77. The van der Waals surface area contributed by atoms with Crippen LogP contribution in [0.25, 0.3) is 0 Å². The molecule has 0 bridgehead atoms. The molecule has 1 N–H and O–H groups in total. The van der Waals surface area contributed by atoms with E-state index >= 15 is 0 Å². The Hall–Kier alpha value is -0.380. The maximum atomic E-state index is 3.74. The van der Waals surface area contributed by atoms with E-state index in [-0.39, 0.29) is 0 Å². The average molecular weight is 252 g/mol. The zero-order chi connectivity index (χ0) is 12.1. The third kappa shape index (κ3) is 3.54. The summed E-state index contributed by atoms with van der Waals surface area (Å²) < 4.78 is 0. The smallest absolute Gasteiger partial charge is 0.0412 e. The molecule has 1 aliphatic heterocycles. The molecule has 1 aliphatic rings. The molecule has 0 amide bonds. The number of rotatable bonds is 6. The van der Waals surface area contributed by atoms with Crippen molar-refractivity contribution in [1.82, 2.24) is 10.2 Å². The zero-order valence-corrected chi connectivity index (χ0v) is 11.8. The summed E-state index contributed by atoms with van der Waals surface area (Å²) in [5.41, 5.74) is 0. The molecule has 1 saturated heterocycles. The van der Waals surface area contributed by atoms with Gasteiger partial charge in [0.25, 0.3) is 0 Å². The van der Waals surface area contributed by atoms with Crippen molar-refractivity contribution in [2.24, 2.45) is 5.92 Å². The molecule has 1 aromatic rings. The van der Waals surface area contributed by atoms with Gasteiger partial charge in [-0.1, -0.05) is 19.9 Å². The van der Waals surface area contributed by atoms with Crippen LogP contribution in [0.5, 0.6) is 0 Å².